The van der Waals surface area contributed by atoms with Gasteiger partial charge in [0.2, 0.25) is 5.91 Å². The predicted molar refractivity (Wildman–Crippen MR) is 129 cm³/mol. The summed E-state index contributed by atoms with van der Waals surface area (Å²) in [6, 6.07) is 6.09. The van der Waals surface area contributed by atoms with Crippen LogP contribution in [-0.4, -0.2) is 90.5 Å². The summed E-state index contributed by atoms with van der Waals surface area (Å²) in [6.07, 6.45) is -16.4. The maximum Gasteiger partial charge on any atom is 0.434 e. The minimum atomic E-state index is -5.74. The molecule has 0 aliphatic carbocycles. The van der Waals surface area contributed by atoms with Crippen LogP contribution in [0, 0.1) is 6.92 Å². The third-order valence-corrected chi connectivity index (χ3v) is 6.47. The molecular formula is C25H36F6N4O3. The molecule has 1 aromatic carbocycles. The zero-order valence-electron chi connectivity index (χ0n) is 22.1. The molecule has 2 saturated heterocycles. The number of alkyl halides is 6. The molecule has 0 radical (unpaired) electrons. The summed E-state index contributed by atoms with van der Waals surface area (Å²) in [5.41, 5.74) is 3.29. The van der Waals surface area contributed by atoms with Crippen LogP contribution >= 0.6 is 0 Å². The molecule has 3 rings (SSSR count). The highest BCUT2D eigenvalue weighted by molar-refractivity contribution is 5.73. The van der Waals surface area contributed by atoms with E-state index in [2.05, 4.69) is 15.0 Å². The van der Waals surface area contributed by atoms with Gasteiger partial charge in [0.1, 0.15) is 0 Å². The molecule has 0 saturated carbocycles. The summed E-state index contributed by atoms with van der Waals surface area (Å²) in [7, 11) is 0. The second kappa shape index (κ2) is 13.5. The van der Waals surface area contributed by atoms with E-state index in [1.165, 1.54) is 6.92 Å². The number of nitrogens with one attached hydrogen (secondary N) is 1. The fourth-order valence-electron chi connectivity index (χ4n) is 4.53. The van der Waals surface area contributed by atoms with E-state index in [0.717, 1.165) is 47.6 Å². The third kappa shape index (κ3) is 9.04. The highest BCUT2D eigenvalue weighted by atomic mass is 19.4. The van der Waals surface area contributed by atoms with Gasteiger partial charge in [-0.2, -0.15) is 26.3 Å². The number of piperazine rings is 1. The maximum absolute atomic E-state index is 12.7. The number of carbonyl (C=O) groups excluding carboxylic acids is 2. The van der Waals surface area contributed by atoms with Crippen LogP contribution in [0.2, 0.25) is 0 Å². The highest BCUT2D eigenvalue weighted by Crippen LogP contribution is 2.36. The van der Waals surface area contributed by atoms with Crippen molar-refractivity contribution in [3.8, 4) is 0 Å². The second-order valence-corrected chi connectivity index (χ2v) is 9.23. The summed E-state index contributed by atoms with van der Waals surface area (Å²) in [5, 5.41) is 2.94. The lowest BCUT2D eigenvalue weighted by atomic mass is 10.0. The first-order valence-corrected chi connectivity index (χ1v) is 12.6. The number of likely N-dealkylation sites (tertiary alicyclic amines) is 1. The quantitative estimate of drug-likeness (QED) is 0.526. The summed E-state index contributed by atoms with van der Waals surface area (Å²) in [4.78, 5) is 28.4. The first kappa shape index (κ1) is 31.7. The van der Waals surface area contributed by atoms with Crippen molar-refractivity contribution in [3.05, 3.63) is 34.9 Å². The fraction of sp³-hybridized carbons (Fsp3) is 0.680. The molecule has 0 aromatic heterocycles. The topological polar surface area (TPSA) is 65.1 Å². The van der Waals surface area contributed by atoms with E-state index in [1.54, 1.807) is 0 Å². The molecule has 1 unspecified atom stereocenters. The van der Waals surface area contributed by atoms with Gasteiger partial charge in [-0.15, -0.1) is 0 Å². The lowest BCUT2D eigenvalue weighted by Gasteiger charge is -2.35. The molecule has 216 valence electrons. The van der Waals surface area contributed by atoms with Crippen LogP contribution in [0.15, 0.2) is 18.2 Å². The summed E-state index contributed by atoms with van der Waals surface area (Å²) in [6.45, 7) is 10.9. The third-order valence-electron chi connectivity index (χ3n) is 6.47. The Balaban J connectivity index is 0.00000247. The predicted octanol–water partition coefficient (Wildman–Crippen LogP) is 4.48. The molecule has 0 bridgehead atoms. The van der Waals surface area contributed by atoms with E-state index in [1.807, 2.05) is 43.9 Å². The summed E-state index contributed by atoms with van der Waals surface area (Å²) < 4.78 is 79.8. The zero-order chi connectivity index (χ0) is 28.7. The Morgan fingerprint density at radius 1 is 0.947 bits per heavy atom. The van der Waals surface area contributed by atoms with Gasteiger partial charge in [0.15, 0.2) is 0 Å². The van der Waals surface area contributed by atoms with Gasteiger partial charge in [0, 0.05) is 65.3 Å². The Bertz CT molecular complexity index is 919. The van der Waals surface area contributed by atoms with Gasteiger partial charge < -0.3 is 15.0 Å². The molecule has 2 aliphatic heterocycles. The van der Waals surface area contributed by atoms with Crippen LogP contribution in [0.25, 0.3) is 0 Å². The zero-order valence-corrected chi connectivity index (χ0v) is 22.1. The summed E-state index contributed by atoms with van der Waals surface area (Å²) in [5.74, 6) is -0.0473. The van der Waals surface area contributed by atoms with Gasteiger partial charge in [0.05, 0.1) is 0 Å². The molecule has 13 heteroatoms. The highest BCUT2D eigenvalue weighted by Gasteiger charge is 2.60. The Morgan fingerprint density at radius 2 is 1.47 bits per heavy atom. The van der Waals surface area contributed by atoms with Crippen molar-refractivity contribution in [2.45, 2.75) is 71.7 Å². The first-order valence-electron chi connectivity index (χ1n) is 12.6. The average molecular weight is 555 g/mol. The second-order valence-electron chi connectivity index (χ2n) is 9.23. The van der Waals surface area contributed by atoms with Gasteiger partial charge in [-0.25, -0.2) is 4.79 Å². The molecular weight excluding hydrogens is 518 g/mol. The number of carbonyl (C=O) groups is 2. The van der Waals surface area contributed by atoms with Gasteiger partial charge in [-0.05, 0) is 30.0 Å². The number of hydrogen-bond acceptors (Lipinski definition) is 5. The van der Waals surface area contributed by atoms with Crippen LogP contribution in [0.1, 0.15) is 43.9 Å². The monoisotopic (exact) mass is 554 g/mol. The van der Waals surface area contributed by atoms with E-state index in [9.17, 15) is 35.9 Å². The number of ether oxygens (including phenoxy) is 1. The number of hydrogen-bond donors (Lipinski definition) is 1. The summed E-state index contributed by atoms with van der Waals surface area (Å²) >= 11 is 0. The molecule has 2 heterocycles. The van der Waals surface area contributed by atoms with Crippen molar-refractivity contribution >= 4 is 12.0 Å². The number of benzene rings is 1. The van der Waals surface area contributed by atoms with Crippen molar-refractivity contribution in [2.24, 2.45) is 0 Å². The van der Waals surface area contributed by atoms with E-state index >= 15 is 0 Å². The van der Waals surface area contributed by atoms with Crippen LogP contribution in [-0.2, 0) is 22.6 Å². The van der Waals surface area contributed by atoms with Gasteiger partial charge in [-0.1, -0.05) is 32.0 Å². The number of nitrogens with zero attached hydrogens (tertiary/aromatic N) is 3. The van der Waals surface area contributed by atoms with Gasteiger partial charge in [-0.3, -0.25) is 14.6 Å². The molecule has 2 fully saturated rings. The molecule has 1 aromatic rings. The van der Waals surface area contributed by atoms with Crippen molar-refractivity contribution < 1.29 is 40.7 Å². The van der Waals surface area contributed by atoms with Crippen LogP contribution in [0.5, 0.6) is 0 Å². The van der Waals surface area contributed by atoms with E-state index < -0.39 is 24.5 Å². The first-order chi connectivity index (χ1) is 17.7. The largest absolute Gasteiger partial charge is 0.434 e. The maximum atomic E-state index is 12.7. The molecule has 1 atom stereocenters. The lowest BCUT2D eigenvalue weighted by Crippen LogP contribution is -2.52. The molecule has 2 amide bonds. The van der Waals surface area contributed by atoms with Crippen LogP contribution in [0.3, 0.4) is 0 Å². The van der Waals surface area contributed by atoms with Crippen molar-refractivity contribution in [1.82, 2.24) is 20.0 Å². The van der Waals surface area contributed by atoms with Crippen molar-refractivity contribution in [3.63, 3.8) is 0 Å². The normalized spacial score (nSPS) is 19.2. The lowest BCUT2D eigenvalue weighted by molar-refractivity contribution is -0.308. The Morgan fingerprint density at radius 3 is 1.97 bits per heavy atom. The standard InChI is InChI=1S/C23H30F6N4O3.C2H6/c1-15-17(4-3-5-18(15)13-32-7-6-19(14-32)30-16(2)34)12-31-8-10-33(11-9-31)21(35)36-20(22(24,25)26)23(27,28)29;1-2/h3-5,19-20H,6-14H2,1-2H3,(H,30,34);1-2H3. The molecule has 1 N–H and O–H groups in total. The number of amides is 2. The minimum Gasteiger partial charge on any atom is -0.426 e. The molecule has 38 heavy (non-hydrogen) atoms. The van der Waals surface area contributed by atoms with Gasteiger partial charge in [0.25, 0.3) is 6.10 Å². The minimum absolute atomic E-state index is 0.0433. The van der Waals surface area contributed by atoms with Crippen molar-refractivity contribution in [1.29, 1.82) is 0 Å². The van der Waals surface area contributed by atoms with E-state index in [0.29, 0.717) is 6.54 Å². The van der Waals surface area contributed by atoms with E-state index in [4.69, 9.17) is 0 Å². The van der Waals surface area contributed by atoms with Crippen LogP contribution in [0.4, 0.5) is 31.1 Å². The molecule has 0 spiro atoms. The Kier molecular flexibility index (Phi) is 11.3. The molecule has 7 nitrogen and oxygen atoms in total. The SMILES string of the molecule is CC.CC(=O)NC1CCN(Cc2cccc(CN3CCN(C(=O)OC(C(F)(F)F)C(F)(F)F)CC3)c2C)C1. The Labute approximate surface area is 219 Å². The number of rotatable bonds is 6. The molecule has 2 aliphatic rings. The number of halogens is 6. The smallest absolute Gasteiger partial charge is 0.426 e. The van der Waals surface area contributed by atoms with Gasteiger partial charge >= 0.3 is 18.4 Å². The van der Waals surface area contributed by atoms with E-state index in [-0.39, 0.29) is 38.1 Å². The Hall–Kier alpha value is -2.54. The average Bonchev–Trinajstić information content (AvgIpc) is 3.26. The fourth-order valence-corrected chi connectivity index (χ4v) is 4.53. The van der Waals surface area contributed by atoms with Crippen molar-refractivity contribution in [2.75, 3.05) is 39.3 Å². The van der Waals surface area contributed by atoms with Crippen LogP contribution < -0.4 is 5.32 Å².